The van der Waals surface area contributed by atoms with Gasteiger partial charge in [0.05, 0.1) is 22.6 Å². The van der Waals surface area contributed by atoms with Crippen LogP contribution in [0, 0.1) is 0 Å². The first-order valence-corrected chi connectivity index (χ1v) is 9.29. The number of benzene rings is 1. The summed E-state index contributed by atoms with van der Waals surface area (Å²) in [6.07, 6.45) is 3.63. The Morgan fingerprint density at radius 3 is 2.81 bits per heavy atom. The Morgan fingerprint density at radius 1 is 1.15 bits per heavy atom. The van der Waals surface area contributed by atoms with E-state index in [0.717, 1.165) is 74.7 Å². The molecule has 0 bridgehead atoms. The standard InChI is InChI=1S/C20H25N5O/c21-17-5-2-8-22-18(17)7-10-24-11-13-25(14-12-24)20(26)16-4-1-3-15-6-9-23-19(15)16/h1-5,8,23H,6-7,9-14,21H2. The highest BCUT2D eigenvalue weighted by Crippen LogP contribution is 2.27. The van der Waals surface area contributed by atoms with Crippen molar-refractivity contribution < 1.29 is 4.79 Å². The molecule has 1 saturated heterocycles. The second kappa shape index (κ2) is 7.33. The van der Waals surface area contributed by atoms with E-state index >= 15 is 0 Å². The second-order valence-electron chi connectivity index (χ2n) is 6.94. The molecule has 1 aromatic heterocycles. The van der Waals surface area contributed by atoms with Gasteiger partial charge in [-0.15, -0.1) is 0 Å². The largest absolute Gasteiger partial charge is 0.397 e. The minimum absolute atomic E-state index is 0.143. The second-order valence-corrected chi connectivity index (χ2v) is 6.94. The maximum atomic E-state index is 12.9. The first-order valence-electron chi connectivity index (χ1n) is 9.29. The molecule has 2 aliphatic rings. The molecule has 0 spiro atoms. The van der Waals surface area contributed by atoms with Gasteiger partial charge in [-0.3, -0.25) is 14.7 Å². The van der Waals surface area contributed by atoms with Crippen molar-refractivity contribution in [1.82, 2.24) is 14.8 Å². The number of carbonyl (C=O) groups excluding carboxylic acids is 1. The molecule has 1 amide bonds. The molecular weight excluding hydrogens is 326 g/mol. The third kappa shape index (κ3) is 3.37. The van der Waals surface area contributed by atoms with Gasteiger partial charge < -0.3 is 16.0 Å². The van der Waals surface area contributed by atoms with Crippen LogP contribution in [0.15, 0.2) is 36.5 Å². The number of hydrogen-bond donors (Lipinski definition) is 2. The molecular formula is C20H25N5O. The van der Waals surface area contributed by atoms with Crippen molar-refractivity contribution in [3.63, 3.8) is 0 Å². The van der Waals surface area contributed by atoms with Crippen molar-refractivity contribution in [2.75, 3.05) is 50.3 Å². The van der Waals surface area contributed by atoms with Crippen LogP contribution in [0.5, 0.6) is 0 Å². The summed E-state index contributed by atoms with van der Waals surface area (Å²) in [6, 6.07) is 9.79. The average Bonchev–Trinajstić information content (AvgIpc) is 3.16. The number of anilines is 2. The molecule has 6 heteroatoms. The summed E-state index contributed by atoms with van der Waals surface area (Å²) >= 11 is 0. The molecule has 4 rings (SSSR count). The van der Waals surface area contributed by atoms with Crippen LogP contribution in [-0.2, 0) is 12.8 Å². The first-order chi connectivity index (χ1) is 12.7. The Hall–Kier alpha value is -2.60. The van der Waals surface area contributed by atoms with E-state index in [2.05, 4.69) is 21.3 Å². The van der Waals surface area contributed by atoms with Crippen molar-refractivity contribution in [2.24, 2.45) is 0 Å². The zero-order valence-electron chi connectivity index (χ0n) is 14.9. The summed E-state index contributed by atoms with van der Waals surface area (Å²) in [5.74, 6) is 0.143. The van der Waals surface area contributed by atoms with Crippen molar-refractivity contribution in [3.05, 3.63) is 53.3 Å². The molecule has 136 valence electrons. The third-order valence-electron chi connectivity index (χ3n) is 5.33. The zero-order chi connectivity index (χ0) is 17.9. The highest BCUT2D eigenvalue weighted by molar-refractivity contribution is 6.00. The van der Waals surface area contributed by atoms with Gasteiger partial charge in [0.2, 0.25) is 0 Å². The highest BCUT2D eigenvalue weighted by atomic mass is 16.2. The summed E-state index contributed by atoms with van der Waals surface area (Å²) in [6.45, 7) is 5.15. The lowest BCUT2D eigenvalue weighted by atomic mass is 10.1. The Kier molecular flexibility index (Phi) is 4.75. The van der Waals surface area contributed by atoms with Gasteiger partial charge in [0.15, 0.2) is 0 Å². The fourth-order valence-electron chi connectivity index (χ4n) is 3.79. The fourth-order valence-corrected chi connectivity index (χ4v) is 3.79. The number of fused-ring (bicyclic) bond motifs is 1. The van der Waals surface area contributed by atoms with E-state index in [4.69, 9.17) is 5.73 Å². The molecule has 3 N–H and O–H groups in total. The number of amides is 1. The minimum atomic E-state index is 0.143. The average molecular weight is 351 g/mol. The summed E-state index contributed by atoms with van der Waals surface area (Å²) in [7, 11) is 0. The lowest BCUT2D eigenvalue weighted by molar-refractivity contribution is 0.0639. The van der Waals surface area contributed by atoms with Crippen LogP contribution in [-0.4, -0.2) is 60.0 Å². The number of pyridine rings is 1. The Labute approximate surface area is 154 Å². The number of hydrogen-bond acceptors (Lipinski definition) is 5. The Balaban J connectivity index is 1.33. The van der Waals surface area contributed by atoms with E-state index in [9.17, 15) is 4.79 Å². The topological polar surface area (TPSA) is 74.5 Å². The molecule has 0 saturated carbocycles. The van der Waals surface area contributed by atoms with Gasteiger partial charge in [0.1, 0.15) is 0 Å². The number of nitrogen functional groups attached to an aromatic ring is 1. The number of rotatable bonds is 4. The van der Waals surface area contributed by atoms with Gasteiger partial charge in [0, 0.05) is 51.9 Å². The van der Waals surface area contributed by atoms with Crippen molar-refractivity contribution >= 4 is 17.3 Å². The summed E-state index contributed by atoms with van der Waals surface area (Å²) in [4.78, 5) is 21.6. The number of carbonyl (C=O) groups is 1. The van der Waals surface area contributed by atoms with Gasteiger partial charge in [-0.05, 0) is 30.2 Å². The van der Waals surface area contributed by atoms with Crippen LogP contribution in [0.4, 0.5) is 11.4 Å². The number of piperazine rings is 1. The van der Waals surface area contributed by atoms with Crippen LogP contribution in [0.3, 0.4) is 0 Å². The molecule has 6 nitrogen and oxygen atoms in total. The minimum Gasteiger partial charge on any atom is -0.397 e. The Bertz CT molecular complexity index is 799. The van der Waals surface area contributed by atoms with Crippen LogP contribution in [0.2, 0.25) is 0 Å². The van der Waals surface area contributed by atoms with Crippen LogP contribution < -0.4 is 11.1 Å². The maximum absolute atomic E-state index is 12.9. The molecule has 26 heavy (non-hydrogen) atoms. The molecule has 2 aliphatic heterocycles. The van der Waals surface area contributed by atoms with E-state index in [1.165, 1.54) is 5.56 Å². The number of nitrogens with zero attached hydrogens (tertiary/aromatic N) is 3. The molecule has 0 aliphatic carbocycles. The quantitative estimate of drug-likeness (QED) is 0.876. The first kappa shape index (κ1) is 16.8. The Morgan fingerprint density at radius 2 is 2.00 bits per heavy atom. The maximum Gasteiger partial charge on any atom is 0.256 e. The summed E-state index contributed by atoms with van der Waals surface area (Å²) in [5, 5.41) is 3.36. The predicted molar refractivity (Wildman–Crippen MR) is 103 cm³/mol. The lowest BCUT2D eigenvalue weighted by Gasteiger charge is -2.35. The van der Waals surface area contributed by atoms with E-state index in [-0.39, 0.29) is 5.91 Å². The fraction of sp³-hybridized carbons (Fsp3) is 0.400. The van der Waals surface area contributed by atoms with Crippen molar-refractivity contribution in [2.45, 2.75) is 12.8 Å². The molecule has 3 heterocycles. The van der Waals surface area contributed by atoms with Crippen LogP contribution in [0.25, 0.3) is 0 Å². The zero-order valence-corrected chi connectivity index (χ0v) is 14.9. The molecule has 1 aromatic carbocycles. The highest BCUT2D eigenvalue weighted by Gasteiger charge is 2.25. The van der Waals surface area contributed by atoms with Gasteiger partial charge in [0.25, 0.3) is 5.91 Å². The molecule has 0 unspecified atom stereocenters. The van der Waals surface area contributed by atoms with Crippen LogP contribution in [0.1, 0.15) is 21.6 Å². The van der Waals surface area contributed by atoms with Crippen LogP contribution >= 0.6 is 0 Å². The van der Waals surface area contributed by atoms with Gasteiger partial charge >= 0.3 is 0 Å². The molecule has 0 atom stereocenters. The smallest absolute Gasteiger partial charge is 0.256 e. The molecule has 1 fully saturated rings. The lowest BCUT2D eigenvalue weighted by Crippen LogP contribution is -2.49. The van der Waals surface area contributed by atoms with E-state index in [1.807, 2.05) is 29.2 Å². The van der Waals surface area contributed by atoms with Gasteiger partial charge in [-0.1, -0.05) is 12.1 Å². The normalized spacial score (nSPS) is 17.0. The van der Waals surface area contributed by atoms with Gasteiger partial charge in [-0.2, -0.15) is 0 Å². The number of nitrogens with two attached hydrogens (primary N) is 1. The number of aromatic nitrogens is 1. The van der Waals surface area contributed by atoms with E-state index in [0.29, 0.717) is 0 Å². The van der Waals surface area contributed by atoms with Crippen molar-refractivity contribution in [3.8, 4) is 0 Å². The molecule has 0 radical (unpaired) electrons. The number of para-hydroxylation sites is 1. The summed E-state index contributed by atoms with van der Waals surface area (Å²) < 4.78 is 0. The monoisotopic (exact) mass is 351 g/mol. The van der Waals surface area contributed by atoms with Gasteiger partial charge in [-0.25, -0.2) is 0 Å². The van der Waals surface area contributed by atoms with E-state index < -0.39 is 0 Å². The molecule has 2 aromatic rings. The SMILES string of the molecule is Nc1cccnc1CCN1CCN(C(=O)c2cccc3c2NCC3)CC1. The number of nitrogens with one attached hydrogen (secondary N) is 1. The third-order valence-corrected chi connectivity index (χ3v) is 5.33. The van der Waals surface area contributed by atoms with Crippen molar-refractivity contribution in [1.29, 1.82) is 0 Å². The van der Waals surface area contributed by atoms with E-state index in [1.54, 1.807) is 6.20 Å². The predicted octanol–water partition coefficient (Wildman–Crippen LogP) is 1.63. The summed E-state index contributed by atoms with van der Waals surface area (Å²) in [5.41, 5.74) is 10.8.